The first-order chi connectivity index (χ1) is 19.9. The molecule has 8 nitrogen and oxygen atoms in total. The number of allylic oxidation sites excluding steroid dienone is 2. The Balaban J connectivity index is 0.000000932. The second kappa shape index (κ2) is 13.3. The summed E-state index contributed by atoms with van der Waals surface area (Å²) in [6, 6.07) is 3.40. The van der Waals surface area contributed by atoms with Gasteiger partial charge in [0.2, 0.25) is 0 Å². The van der Waals surface area contributed by atoms with Gasteiger partial charge in [0.1, 0.15) is 10.7 Å². The lowest BCUT2D eigenvalue weighted by Gasteiger charge is -2.12. The number of nitrogens with zero attached hydrogens (tertiary/aromatic N) is 5. The van der Waals surface area contributed by atoms with Gasteiger partial charge >= 0.3 is 6.55 Å². The Labute approximate surface area is 247 Å². The standard InChI is InChI=1S/C25H22ClF4N5O2S.C3H7N/c1-4-6-31-22(15-5-7-32-23(21(15)28)38(3)37)19(27)12-34-13(2)8-18(20(26)24(34)36)17-9-16(17)14-10-33-35(11-14)25(29)30;4-3-1-2-3/h4-8,10-12,16-17,25H,9H2,1-3H3;3H,1-2,4H2/b6-4+,19-12-,31-22+;. The predicted molar refractivity (Wildman–Crippen MR) is 154 cm³/mol. The van der Waals surface area contributed by atoms with Crippen molar-refractivity contribution in [3.8, 4) is 0 Å². The first kappa shape index (κ1) is 31.5. The molecule has 3 aromatic rings. The third-order valence-corrected chi connectivity index (χ3v) is 7.88. The summed E-state index contributed by atoms with van der Waals surface area (Å²) >= 11 is 6.39. The van der Waals surface area contributed by atoms with E-state index in [1.165, 1.54) is 56.0 Å². The Bertz CT molecular complexity index is 1650. The van der Waals surface area contributed by atoms with Gasteiger partial charge < -0.3 is 5.73 Å². The molecule has 42 heavy (non-hydrogen) atoms. The van der Waals surface area contributed by atoms with Crippen LogP contribution in [0.25, 0.3) is 6.20 Å². The highest BCUT2D eigenvalue weighted by atomic mass is 35.5. The normalized spacial score (nSPS) is 19.7. The van der Waals surface area contributed by atoms with Gasteiger partial charge in [-0.2, -0.15) is 13.9 Å². The molecule has 2 N–H and O–H groups in total. The third kappa shape index (κ3) is 7.13. The second-order valence-electron chi connectivity index (χ2n) is 9.92. The molecule has 0 aromatic carbocycles. The summed E-state index contributed by atoms with van der Waals surface area (Å²) < 4.78 is 69.6. The number of hydrogen-bond acceptors (Lipinski definition) is 6. The molecule has 0 radical (unpaired) electrons. The lowest BCUT2D eigenvalue weighted by molar-refractivity contribution is 0.0565. The van der Waals surface area contributed by atoms with Crippen LogP contribution in [-0.4, -0.2) is 41.5 Å². The quantitative estimate of drug-likeness (QED) is 0.250. The first-order valence-electron chi connectivity index (χ1n) is 13.0. The van der Waals surface area contributed by atoms with Crippen molar-refractivity contribution in [3.05, 3.63) is 92.4 Å². The molecule has 14 heteroatoms. The van der Waals surface area contributed by atoms with Gasteiger partial charge in [0.15, 0.2) is 16.7 Å². The lowest BCUT2D eigenvalue weighted by Crippen LogP contribution is -2.21. The summed E-state index contributed by atoms with van der Waals surface area (Å²) in [7, 11) is -1.77. The molecule has 0 saturated heterocycles. The molecule has 0 amide bonds. The maximum Gasteiger partial charge on any atom is 0.333 e. The third-order valence-electron chi connectivity index (χ3n) is 6.67. The van der Waals surface area contributed by atoms with Crippen molar-refractivity contribution in [2.45, 2.75) is 62.6 Å². The molecule has 0 spiro atoms. The average Bonchev–Trinajstić information content (AvgIpc) is 3.87. The van der Waals surface area contributed by atoms with Crippen LogP contribution >= 0.6 is 11.6 Å². The van der Waals surface area contributed by atoms with Gasteiger partial charge in [-0.25, -0.2) is 18.4 Å². The monoisotopic (exact) mass is 624 g/mol. The summed E-state index contributed by atoms with van der Waals surface area (Å²) in [6.45, 7) is 0.454. The summed E-state index contributed by atoms with van der Waals surface area (Å²) in [5, 5.41) is 3.15. The van der Waals surface area contributed by atoms with E-state index in [1.54, 1.807) is 19.9 Å². The second-order valence-corrected chi connectivity index (χ2v) is 11.6. The van der Waals surface area contributed by atoms with Crippen molar-refractivity contribution in [2.24, 2.45) is 10.7 Å². The molecule has 2 saturated carbocycles. The minimum Gasteiger partial charge on any atom is -0.328 e. The molecule has 3 aromatic heterocycles. The van der Waals surface area contributed by atoms with Crippen LogP contribution in [0.3, 0.4) is 0 Å². The number of alkyl halides is 2. The number of pyridine rings is 2. The highest BCUT2D eigenvalue weighted by molar-refractivity contribution is 7.84. The predicted octanol–water partition coefficient (Wildman–Crippen LogP) is 5.84. The zero-order valence-electron chi connectivity index (χ0n) is 23.0. The molecule has 3 unspecified atom stereocenters. The van der Waals surface area contributed by atoms with Gasteiger partial charge in [-0.3, -0.25) is 18.6 Å². The van der Waals surface area contributed by atoms with E-state index in [4.69, 9.17) is 17.3 Å². The Hall–Kier alpha value is -3.42. The topological polar surface area (TPSA) is 108 Å². The lowest BCUT2D eigenvalue weighted by atomic mass is 10.1. The van der Waals surface area contributed by atoms with Crippen molar-refractivity contribution in [3.63, 3.8) is 0 Å². The van der Waals surface area contributed by atoms with Crippen molar-refractivity contribution in [1.29, 1.82) is 0 Å². The van der Waals surface area contributed by atoms with Crippen LogP contribution in [0.1, 0.15) is 67.0 Å². The van der Waals surface area contributed by atoms with E-state index >= 15 is 8.78 Å². The van der Waals surface area contributed by atoms with Gasteiger partial charge in [-0.05, 0) is 68.2 Å². The SMILES string of the molecule is C/C=C/N=C(/C(F)=C/n1c(C)cc(C2CC2c2cnn(C(F)F)c2)c(Cl)c1=O)c1ccnc(S(C)=O)c1F.NC1CC1. The fourth-order valence-electron chi connectivity index (χ4n) is 4.22. The van der Waals surface area contributed by atoms with Crippen LogP contribution in [0.5, 0.6) is 0 Å². The molecule has 3 heterocycles. The average molecular weight is 625 g/mol. The number of hydrogen-bond donors (Lipinski definition) is 1. The number of nitrogens with two attached hydrogens (primary N) is 1. The van der Waals surface area contributed by atoms with Gasteiger partial charge in [0.05, 0.1) is 23.2 Å². The van der Waals surface area contributed by atoms with E-state index in [9.17, 15) is 17.8 Å². The van der Waals surface area contributed by atoms with Crippen molar-refractivity contribution >= 4 is 34.3 Å². The number of aryl methyl sites for hydroxylation is 1. The highest BCUT2D eigenvalue weighted by Crippen LogP contribution is 2.55. The van der Waals surface area contributed by atoms with Crippen LogP contribution in [-0.2, 0) is 10.8 Å². The summed E-state index contributed by atoms with van der Waals surface area (Å²) in [5.41, 5.74) is 5.27. The van der Waals surface area contributed by atoms with Crippen LogP contribution in [0.4, 0.5) is 17.6 Å². The van der Waals surface area contributed by atoms with Gasteiger partial charge in [0, 0.05) is 42.1 Å². The molecule has 3 atom stereocenters. The highest BCUT2D eigenvalue weighted by Gasteiger charge is 2.42. The maximum atomic E-state index is 15.5. The molecule has 5 rings (SSSR count). The summed E-state index contributed by atoms with van der Waals surface area (Å²) in [6.07, 6.45) is 11.8. The number of aromatic nitrogens is 4. The van der Waals surface area contributed by atoms with Crippen LogP contribution in [0, 0.1) is 12.7 Å². The molecule has 224 valence electrons. The Morgan fingerprint density at radius 2 is 2.00 bits per heavy atom. The molecule has 2 aliphatic rings. The Kier molecular flexibility index (Phi) is 9.95. The van der Waals surface area contributed by atoms with Crippen molar-refractivity contribution in [2.75, 3.05) is 6.26 Å². The molecule has 2 fully saturated rings. The van der Waals surface area contributed by atoms with E-state index < -0.39 is 40.3 Å². The van der Waals surface area contributed by atoms with E-state index in [-0.39, 0.29) is 27.4 Å². The van der Waals surface area contributed by atoms with Gasteiger partial charge in [-0.15, -0.1) is 0 Å². The fraction of sp³-hybridized carbons (Fsp3) is 0.357. The molecular formula is C28H29ClF4N6O2S. The number of rotatable bonds is 8. The first-order valence-corrected chi connectivity index (χ1v) is 14.9. The molecule has 0 aliphatic heterocycles. The van der Waals surface area contributed by atoms with E-state index in [0.29, 0.717) is 34.0 Å². The zero-order chi connectivity index (χ0) is 30.7. The molecule has 0 bridgehead atoms. The fourth-order valence-corrected chi connectivity index (χ4v) is 5.08. The number of aliphatic imine (C=N–C) groups is 1. The van der Waals surface area contributed by atoms with Crippen molar-refractivity contribution < 1.29 is 21.8 Å². The number of halogens is 5. The Morgan fingerprint density at radius 3 is 2.57 bits per heavy atom. The van der Waals surface area contributed by atoms with Gasteiger partial charge in [0.25, 0.3) is 5.56 Å². The smallest absolute Gasteiger partial charge is 0.328 e. The Morgan fingerprint density at radius 1 is 1.31 bits per heavy atom. The minimum atomic E-state index is -2.75. The maximum absolute atomic E-state index is 15.5. The minimum absolute atomic E-state index is 0.130. The van der Waals surface area contributed by atoms with Crippen molar-refractivity contribution in [1.82, 2.24) is 19.3 Å². The van der Waals surface area contributed by atoms with Crippen LogP contribution in [0.15, 0.2) is 63.6 Å². The van der Waals surface area contributed by atoms with Crippen LogP contribution < -0.4 is 11.3 Å². The van der Waals surface area contributed by atoms with E-state index in [1.807, 2.05) is 0 Å². The van der Waals surface area contributed by atoms with E-state index in [0.717, 1.165) is 10.8 Å². The molecule has 2 aliphatic carbocycles. The van der Waals surface area contributed by atoms with Gasteiger partial charge in [-0.1, -0.05) is 17.7 Å². The zero-order valence-corrected chi connectivity index (χ0v) is 24.5. The largest absolute Gasteiger partial charge is 0.333 e. The summed E-state index contributed by atoms with van der Waals surface area (Å²) in [4.78, 5) is 20.9. The van der Waals surface area contributed by atoms with Crippen LogP contribution in [0.2, 0.25) is 5.02 Å². The summed E-state index contributed by atoms with van der Waals surface area (Å²) in [5.74, 6) is -2.35. The van der Waals surface area contributed by atoms with E-state index in [2.05, 4.69) is 15.1 Å². The molecular weight excluding hydrogens is 596 g/mol.